The van der Waals surface area contributed by atoms with Crippen LogP contribution in [0.15, 0.2) is 34.7 Å². The molecule has 1 heterocycles. The van der Waals surface area contributed by atoms with Gasteiger partial charge in [-0.25, -0.2) is 4.79 Å². The van der Waals surface area contributed by atoms with E-state index < -0.39 is 5.97 Å². The first-order valence-corrected chi connectivity index (χ1v) is 6.53. The summed E-state index contributed by atoms with van der Waals surface area (Å²) in [6.45, 7) is 6.11. The Morgan fingerprint density at radius 3 is 2.65 bits per heavy atom. The molecule has 1 aromatic carbocycles. The fourth-order valence-electron chi connectivity index (χ4n) is 2.08. The summed E-state index contributed by atoms with van der Waals surface area (Å²) in [6.07, 6.45) is 0. The van der Waals surface area contributed by atoms with E-state index >= 15 is 0 Å². The quantitative estimate of drug-likeness (QED) is 0.859. The molecule has 0 aliphatic carbocycles. The Labute approximate surface area is 118 Å². The highest BCUT2D eigenvalue weighted by Crippen LogP contribution is 2.24. The molecule has 0 bridgehead atoms. The van der Waals surface area contributed by atoms with Gasteiger partial charge >= 0.3 is 5.97 Å². The van der Waals surface area contributed by atoms with E-state index in [1.54, 1.807) is 12.1 Å². The van der Waals surface area contributed by atoms with E-state index in [1.807, 2.05) is 13.0 Å². The number of anilines is 1. The summed E-state index contributed by atoms with van der Waals surface area (Å²) in [6, 6.07) is 9.61. The molecule has 0 aliphatic heterocycles. The van der Waals surface area contributed by atoms with Crippen LogP contribution in [0.3, 0.4) is 0 Å². The molecule has 1 unspecified atom stereocenters. The maximum absolute atomic E-state index is 11.4. The van der Waals surface area contributed by atoms with Crippen molar-refractivity contribution in [3.05, 3.63) is 53.0 Å². The predicted octanol–water partition coefficient (Wildman–Crippen LogP) is 3.86. The van der Waals surface area contributed by atoms with Crippen LogP contribution in [0.4, 0.5) is 5.69 Å². The Morgan fingerprint density at radius 2 is 2.00 bits per heavy atom. The van der Waals surface area contributed by atoms with Crippen molar-refractivity contribution in [1.29, 1.82) is 0 Å². The average molecular weight is 273 g/mol. The Kier molecular flexibility index (Phi) is 4.13. The molecule has 4 heteroatoms. The lowest BCUT2D eigenvalue weighted by Gasteiger charge is -2.15. The molecule has 0 saturated heterocycles. The Morgan fingerprint density at radius 1 is 1.25 bits per heavy atom. The number of carbonyl (C=O) groups is 1. The number of carbonyl (C=O) groups excluding carboxylic acids is 1. The third-order valence-corrected chi connectivity index (χ3v) is 3.19. The molecule has 4 nitrogen and oxygen atoms in total. The van der Waals surface area contributed by atoms with Gasteiger partial charge in [-0.1, -0.05) is 17.7 Å². The maximum Gasteiger partial charge on any atom is 0.373 e. The average Bonchev–Trinajstić information content (AvgIpc) is 2.90. The van der Waals surface area contributed by atoms with Crippen LogP contribution in [0.5, 0.6) is 0 Å². The van der Waals surface area contributed by atoms with Crippen molar-refractivity contribution >= 4 is 11.7 Å². The first-order valence-electron chi connectivity index (χ1n) is 6.53. The summed E-state index contributed by atoms with van der Waals surface area (Å²) < 4.78 is 10.1. The van der Waals surface area contributed by atoms with Gasteiger partial charge in [-0.3, -0.25) is 0 Å². The smallest absolute Gasteiger partial charge is 0.373 e. The molecular weight excluding hydrogens is 254 g/mol. The van der Waals surface area contributed by atoms with E-state index in [9.17, 15) is 4.79 Å². The van der Waals surface area contributed by atoms with Gasteiger partial charge in [0.1, 0.15) is 5.76 Å². The van der Waals surface area contributed by atoms with Crippen molar-refractivity contribution in [2.75, 3.05) is 12.4 Å². The number of methoxy groups -OCH3 is 1. The second kappa shape index (κ2) is 5.82. The molecule has 0 amide bonds. The third kappa shape index (κ3) is 3.02. The molecule has 0 radical (unpaired) electrons. The number of ether oxygens (including phenoxy) is 1. The van der Waals surface area contributed by atoms with Gasteiger partial charge < -0.3 is 14.5 Å². The van der Waals surface area contributed by atoms with Gasteiger partial charge in [0.05, 0.1) is 13.2 Å². The minimum atomic E-state index is -0.463. The molecular formula is C16H19NO3. The Bertz CT molecular complexity index is 616. The lowest BCUT2D eigenvalue weighted by molar-refractivity contribution is 0.0562. The van der Waals surface area contributed by atoms with E-state index in [1.165, 1.54) is 18.2 Å². The molecule has 2 rings (SSSR count). The molecule has 0 aliphatic rings. The molecule has 1 N–H and O–H groups in total. The zero-order valence-electron chi connectivity index (χ0n) is 12.2. The van der Waals surface area contributed by atoms with Crippen molar-refractivity contribution in [1.82, 2.24) is 0 Å². The fourth-order valence-corrected chi connectivity index (χ4v) is 2.08. The van der Waals surface area contributed by atoms with Gasteiger partial charge in [0.25, 0.3) is 0 Å². The van der Waals surface area contributed by atoms with Crippen LogP contribution in [0.1, 0.15) is 40.4 Å². The molecule has 0 fully saturated rings. The van der Waals surface area contributed by atoms with Crippen LogP contribution in [-0.4, -0.2) is 13.1 Å². The lowest BCUT2D eigenvalue weighted by atomic mass is 10.1. The number of benzene rings is 1. The highest BCUT2D eigenvalue weighted by Gasteiger charge is 2.15. The van der Waals surface area contributed by atoms with Crippen LogP contribution in [0.2, 0.25) is 0 Å². The van der Waals surface area contributed by atoms with E-state index in [2.05, 4.69) is 36.0 Å². The molecule has 20 heavy (non-hydrogen) atoms. The summed E-state index contributed by atoms with van der Waals surface area (Å²) in [5, 5.41) is 3.38. The predicted molar refractivity (Wildman–Crippen MR) is 78.0 cm³/mol. The van der Waals surface area contributed by atoms with Gasteiger partial charge in [0, 0.05) is 5.69 Å². The van der Waals surface area contributed by atoms with Gasteiger partial charge in [0.2, 0.25) is 5.76 Å². The van der Waals surface area contributed by atoms with Crippen LogP contribution >= 0.6 is 0 Å². The molecule has 1 aromatic heterocycles. The van der Waals surface area contributed by atoms with Crippen LogP contribution < -0.4 is 5.32 Å². The molecule has 2 aromatic rings. The van der Waals surface area contributed by atoms with Crippen molar-refractivity contribution in [2.45, 2.75) is 26.8 Å². The highest BCUT2D eigenvalue weighted by molar-refractivity contribution is 5.86. The highest BCUT2D eigenvalue weighted by atomic mass is 16.5. The van der Waals surface area contributed by atoms with Crippen molar-refractivity contribution in [3.63, 3.8) is 0 Å². The summed E-state index contributed by atoms with van der Waals surface area (Å²) in [4.78, 5) is 11.4. The number of esters is 1. The standard InChI is InChI=1S/C16H19NO3/c1-10-5-6-13(11(2)9-10)17-12(3)14-7-8-15(20-14)16(18)19-4/h5-9,12,17H,1-4H3. The van der Waals surface area contributed by atoms with Crippen molar-refractivity contribution in [3.8, 4) is 0 Å². The Hall–Kier alpha value is -2.23. The van der Waals surface area contributed by atoms with Gasteiger partial charge in [-0.15, -0.1) is 0 Å². The van der Waals surface area contributed by atoms with E-state index in [4.69, 9.17) is 4.42 Å². The summed E-state index contributed by atoms with van der Waals surface area (Å²) in [7, 11) is 1.34. The van der Waals surface area contributed by atoms with E-state index in [0.29, 0.717) is 5.76 Å². The first kappa shape index (κ1) is 14.2. The normalized spacial score (nSPS) is 12.0. The largest absolute Gasteiger partial charge is 0.463 e. The van der Waals surface area contributed by atoms with Gasteiger partial charge in [-0.05, 0) is 44.5 Å². The molecule has 1 atom stereocenters. The second-order valence-electron chi connectivity index (χ2n) is 4.88. The number of rotatable bonds is 4. The first-order chi connectivity index (χ1) is 9.51. The van der Waals surface area contributed by atoms with Crippen LogP contribution in [0.25, 0.3) is 0 Å². The van der Waals surface area contributed by atoms with E-state index in [0.717, 1.165) is 5.69 Å². The zero-order chi connectivity index (χ0) is 14.7. The number of hydrogen-bond acceptors (Lipinski definition) is 4. The van der Waals surface area contributed by atoms with E-state index in [-0.39, 0.29) is 11.8 Å². The monoisotopic (exact) mass is 273 g/mol. The van der Waals surface area contributed by atoms with Gasteiger partial charge in [-0.2, -0.15) is 0 Å². The number of hydrogen-bond donors (Lipinski definition) is 1. The molecule has 0 spiro atoms. The SMILES string of the molecule is COC(=O)c1ccc(C(C)Nc2ccc(C)cc2C)o1. The Balaban J connectivity index is 2.13. The third-order valence-electron chi connectivity index (χ3n) is 3.19. The number of aryl methyl sites for hydroxylation is 2. The summed E-state index contributed by atoms with van der Waals surface area (Å²) in [5.41, 5.74) is 3.46. The lowest BCUT2D eigenvalue weighted by Crippen LogP contribution is -2.07. The molecule has 0 saturated carbocycles. The van der Waals surface area contributed by atoms with Gasteiger partial charge in [0.15, 0.2) is 0 Å². The van der Waals surface area contributed by atoms with Crippen LogP contribution in [0, 0.1) is 13.8 Å². The van der Waals surface area contributed by atoms with Crippen molar-refractivity contribution < 1.29 is 13.9 Å². The van der Waals surface area contributed by atoms with Crippen LogP contribution in [-0.2, 0) is 4.74 Å². The number of furan rings is 1. The topological polar surface area (TPSA) is 51.5 Å². The maximum atomic E-state index is 11.4. The molecule has 106 valence electrons. The summed E-state index contributed by atoms with van der Waals surface area (Å²) in [5.74, 6) is 0.456. The minimum absolute atomic E-state index is 0.0326. The van der Waals surface area contributed by atoms with Crippen molar-refractivity contribution in [2.24, 2.45) is 0 Å². The second-order valence-corrected chi connectivity index (χ2v) is 4.88. The summed E-state index contributed by atoms with van der Waals surface area (Å²) >= 11 is 0. The fraction of sp³-hybridized carbons (Fsp3) is 0.312. The zero-order valence-corrected chi connectivity index (χ0v) is 12.2. The minimum Gasteiger partial charge on any atom is -0.463 e. The number of nitrogens with one attached hydrogen (secondary N) is 1.